The SMILES string of the molecule is O=C(CCCN1C(=O)/C(=C\c2ccccc2Cl)SC1=S)N(CCO)Cc1ccccc1. The number of rotatable bonds is 9. The first-order valence-electron chi connectivity index (χ1n) is 9.92. The maximum Gasteiger partial charge on any atom is 0.266 e. The van der Waals surface area contributed by atoms with Gasteiger partial charge in [-0.3, -0.25) is 14.5 Å². The molecule has 3 rings (SSSR count). The summed E-state index contributed by atoms with van der Waals surface area (Å²) in [5, 5.41) is 9.89. The first-order valence-corrected chi connectivity index (χ1v) is 11.5. The fourth-order valence-corrected chi connectivity index (χ4v) is 4.68. The van der Waals surface area contributed by atoms with Crippen molar-refractivity contribution in [3.05, 3.63) is 75.7 Å². The number of carbonyl (C=O) groups excluding carboxylic acids is 2. The van der Waals surface area contributed by atoms with Gasteiger partial charge in [0.05, 0.1) is 11.5 Å². The van der Waals surface area contributed by atoms with Crippen molar-refractivity contribution in [1.29, 1.82) is 0 Å². The van der Waals surface area contributed by atoms with Gasteiger partial charge in [-0.15, -0.1) is 0 Å². The topological polar surface area (TPSA) is 60.9 Å². The van der Waals surface area contributed by atoms with E-state index in [2.05, 4.69) is 0 Å². The van der Waals surface area contributed by atoms with Crippen LogP contribution in [0.1, 0.15) is 24.0 Å². The number of hydrogen-bond acceptors (Lipinski definition) is 5. The normalized spacial score (nSPS) is 15.0. The van der Waals surface area contributed by atoms with Crippen LogP contribution in [0.4, 0.5) is 0 Å². The van der Waals surface area contributed by atoms with Gasteiger partial charge < -0.3 is 10.0 Å². The second-order valence-electron chi connectivity index (χ2n) is 6.98. The van der Waals surface area contributed by atoms with Crippen LogP contribution in [0.2, 0.25) is 5.02 Å². The smallest absolute Gasteiger partial charge is 0.266 e. The number of thiocarbonyl (C=S) groups is 1. The third-order valence-corrected chi connectivity index (χ3v) is 6.50. The largest absolute Gasteiger partial charge is 0.395 e. The van der Waals surface area contributed by atoms with E-state index in [-0.39, 0.29) is 31.4 Å². The Morgan fingerprint density at radius 3 is 2.58 bits per heavy atom. The van der Waals surface area contributed by atoms with Gasteiger partial charge in [0.1, 0.15) is 4.32 Å². The average Bonchev–Trinajstić information content (AvgIpc) is 3.03. The van der Waals surface area contributed by atoms with Gasteiger partial charge >= 0.3 is 0 Å². The Kier molecular flexibility index (Phi) is 8.66. The van der Waals surface area contributed by atoms with Crippen LogP contribution in [0.3, 0.4) is 0 Å². The summed E-state index contributed by atoms with van der Waals surface area (Å²) in [6.07, 6.45) is 2.50. The van der Waals surface area contributed by atoms with E-state index in [1.807, 2.05) is 48.5 Å². The van der Waals surface area contributed by atoms with E-state index in [0.29, 0.717) is 33.8 Å². The van der Waals surface area contributed by atoms with Crippen LogP contribution in [-0.2, 0) is 16.1 Å². The van der Waals surface area contributed by atoms with E-state index in [1.165, 1.54) is 16.7 Å². The molecule has 31 heavy (non-hydrogen) atoms. The van der Waals surface area contributed by atoms with Crippen molar-refractivity contribution in [3.8, 4) is 0 Å². The van der Waals surface area contributed by atoms with Gasteiger partial charge in [-0.2, -0.15) is 0 Å². The fourth-order valence-electron chi connectivity index (χ4n) is 3.19. The lowest BCUT2D eigenvalue weighted by Crippen LogP contribution is -2.34. The Labute approximate surface area is 196 Å². The lowest BCUT2D eigenvalue weighted by molar-refractivity contribution is -0.132. The quantitative estimate of drug-likeness (QED) is 0.432. The van der Waals surface area contributed by atoms with E-state index in [1.54, 1.807) is 17.0 Å². The number of hydrogen-bond donors (Lipinski definition) is 1. The molecule has 1 N–H and O–H groups in total. The minimum Gasteiger partial charge on any atom is -0.395 e. The van der Waals surface area contributed by atoms with E-state index < -0.39 is 0 Å². The van der Waals surface area contributed by atoms with E-state index in [4.69, 9.17) is 23.8 Å². The number of halogens is 1. The van der Waals surface area contributed by atoms with E-state index >= 15 is 0 Å². The maximum atomic E-state index is 12.8. The van der Waals surface area contributed by atoms with E-state index in [0.717, 1.165) is 11.1 Å². The third-order valence-electron chi connectivity index (χ3n) is 4.78. The van der Waals surface area contributed by atoms with Gasteiger partial charge in [-0.1, -0.05) is 84.1 Å². The predicted octanol–water partition coefficient (Wildman–Crippen LogP) is 4.34. The Balaban J connectivity index is 1.56. The summed E-state index contributed by atoms with van der Waals surface area (Å²) in [7, 11) is 0. The molecule has 162 valence electrons. The Bertz CT molecular complexity index is 982. The van der Waals surface area contributed by atoms with Crippen LogP contribution >= 0.6 is 35.6 Å². The number of aliphatic hydroxyl groups excluding tert-OH is 1. The fraction of sp³-hybridized carbons (Fsp3) is 0.261. The molecule has 1 fully saturated rings. The Hall–Kier alpha value is -2.19. The van der Waals surface area contributed by atoms with Crippen molar-refractivity contribution in [1.82, 2.24) is 9.80 Å². The van der Waals surface area contributed by atoms with Crippen molar-refractivity contribution in [3.63, 3.8) is 0 Å². The predicted molar refractivity (Wildman–Crippen MR) is 130 cm³/mol. The van der Waals surface area contributed by atoms with Gasteiger partial charge in [0.2, 0.25) is 5.91 Å². The van der Waals surface area contributed by atoms with Gasteiger partial charge in [0.15, 0.2) is 0 Å². The highest BCUT2D eigenvalue weighted by Gasteiger charge is 2.31. The molecule has 0 unspecified atom stereocenters. The molecule has 2 aromatic rings. The molecule has 2 amide bonds. The summed E-state index contributed by atoms with van der Waals surface area (Å²) in [6, 6.07) is 17.0. The zero-order valence-electron chi connectivity index (χ0n) is 16.9. The Morgan fingerprint density at radius 2 is 1.87 bits per heavy atom. The molecule has 0 saturated carbocycles. The zero-order chi connectivity index (χ0) is 22.2. The van der Waals surface area contributed by atoms with Gasteiger partial charge in [-0.25, -0.2) is 0 Å². The van der Waals surface area contributed by atoms with Gasteiger partial charge in [0.25, 0.3) is 5.91 Å². The molecule has 8 heteroatoms. The summed E-state index contributed by atoms with van der Waals surface area (Å²) < 4.78 is 0.479. The van der Waals surface area contributed by atoms with E-state index in [9.17, 15) is 14.7 Å². The maximum absolute atomic E-state index is 12.8. The van der Waals surface area contributed by atoms with Crippen molar-refractivity contribution in [2.75, 3.05) is 19.7 Å². The van der Waals surface area contributed by atoms with Crippen molar-refractivity contribution in [2.45, 2.75) is 19.4 Å². The molecule has 0 aliphatic carbocycles. The molecule has 1 aliphatic rings. The highest BCUT2D eigenvalue weighted by atomic mass is 35.5. The summed E-state index contributed by atoms with van der Waals surface area (Å²) >= 11 is 12.8. The number of aliphatic hydroxyl groups is 1. The molecule has 1 heterocycles. The standard InChI is InChI=1S/C23H23ClN2O3S2/c24-19-10-5-4-9-18(19)15-20-22(29)26(23(30)31-20)12-6-11-21(28)25(13-14-27)16-17-7-2-1-3-8-17/h1-5,7-10,15,27H,6,11-14,16H2/b20-15+. The van der Waals surface area contributed by atoms with Crippen molar-refractivity contribution >= 4 is 57.8 Å². The molecular formula is C23H23ClN2O3S2. The van der Waals surface area contributed by atoms with Crippen LogP contribution in [-0.4, -0.2) is 50.7 Å². The minimum atomic E-state index is -0.168. The van der Waals surface area contributed by atoms with Crippen LogP contribution in [0.15, 0.2) is 59.5 Å². The molecular weight excluding hydrogens is 452 g/mol. The molecule has 5 nitrogen and oxygen atoms in total. The van der Waals surface area contributed by atoms with Crippen molar-refractivity contribution < 1.29 is 14.7 Å². The Morgan fingerprint density at radius 1 is 1.16 bits per heavy atom. The second kappa shape index (κ2) is 11.4. The monoisotopic (exact) mass is 474 g/mol. The zero-order valence-corrected chi connectivity index (χ0v) is 19.3. The average molecular weight is 475 g/mol. The lowest BCUT2D eigenvalue weighted by atomic mass is 10.2. The molecule has 0 spiro atoms. The number of carbonyl (C=O) groups is 2. The van der Waals surface area contributed by atoms with Crippen LogP contribution in [0.5, 0.6) is 0 Å². The molecule has 2 aromatic carbocycles. The van der Waals surface area contributed by atoms with Gasteiger partial charge in [-0.05, 0) is 29.7 Å². The minimum absolute atomic E-state index is 0.0602. The number of benzene rings is 2. The van der Waals surface area contributed by atoms with Crippen LogP contribution < -0.4 is 0 Å². The van der Waals surface area contributed by atoms with Crippen LogP contribution in [0, 0.1) is 0 Å². The highest BCUT2D eigenvalue weighted by molar-refractivity contribution is 8.26. The number of nitrogens with zero attached hydrogens (tertiary/aromatic N) is 2. The molecule has 0 radical (unpaired) electrons. The summed E-state index contributed by atoms with van der Waals surface area (Å²) in [4.78, 5) is 29.1. The summed E-state index contributed by atoms with van der Waals surface area (Å²) in [5.74, 6) is -0.228. The molecule has 1 aliphatic heterocycles. The summed E-state index contributed by atoms with van der Waals surface area (Å²) in [5.41, 5.74) is 1.77. The van der Waals surface area contributed by atoms with Crippen molar-refractivity contribution in [2.24, 2.45) is 0 Å². The first-order chi connectivity index (χ1) is 15.0. The molecule has 0 atom stereocenters. The summed E-state index contributed by atoms with van der Waals surface area (Å²) in [6.45, 7) is 0.992. The molecule has 0 aromatic heterocycles. The number of thioether (sulfide) groups is 1. The van der Waals surface area contributed by atoms with Gasteiger partial charge in [0, 0.05) is 31.1 Å². The lowest BCUT2D eigenvalue weighted by Gasteiger charge is -2.22. The second-order valence-corrected chi connectivity index (χ2v) is 9.07. The first kappa shape index (κ1) is 23.5. The van der Waals surface area contributed by atoms with Crippen LogP contribution in [0.25, 0.3) is 6.08 Å². The number of amides is 2. The third kappa shape index (κ3) is 6.40. The molecule has 0 bridgehead atoms. The highest BCUT2D eigenvalue weighted by Crippen LogP contribution is 2.33. The molecule has 1 saturated heterocycles.